The van der Waals surface area contributed by atoms with Crippen molar-refractivity contribution in [1.82, 2.24) is 10.6 Å². The molecule has 0 bridgehead atoms. The van der Waals surface area contributed by atoms with Gasteiger partial charge in [0.2, 0.25) is 0 Å². The van der Waals surface area contributed by atoms with Gasteiger partial charge in [0.15, 0.2) is 0 Å². The average Bonchev–Trinajstić information content (AvgIpc) is 2.65. The van der Waals surface area contributed by atoms with Gasteiger partial charge < -0.3 is 10.6 Å². The summed E-state index contributed by atoms with van der Waals surface area (Å²) in [6.07, 6.45) is 3.07. The van der Waals surface area contributed by atoms with Crippen LogP contribution < -0.4 is 10.6 Å². The molecular formula is C10H19FN2S. The number of halogens is 1. The monoisotopic (exact) mass is 218 g/mol. The van der Waals surface area contributed by atoms with E-state index in [1.165, 1.54) is 24.3 Å². The number of rotatable bonds is 3. The van der Waals surface area contributed by atoms with E-state index in [2.05, 4.69) is 10.6 Å². The van der Waals surface area contributed by atoms with E-state index in [0.717, 1.165) is 6.54 Å². The highest BCUT2D eigenvalue weighted by atomic mass is 32.2. The first-order chi connectivity index (χ1) is 6.79. The highest BCUT2D eigenvalue weighted by molar-refractivity contribution is 7.99. The van der Waals surface area contributed by atoms with Crippen molar-refractivity contribution in [2.75, 3.05) is 31.1 Å². The Morgan fingerprint density at radius 2 is 2.21 bits per heavy atom. The molecule has 4 heteroatoms. The summed E-state index contributed by atoms with van der Waals surface area (Å²) in [5.41, 5.74) is -0.982. The lowest BCUT2D eigenvalue weighted by atomic mass is 10.0. The molecule has 0 amide bonds. The summed E-state index contributed by atoms with van der Waals surface area (Å²) < 4.78 is 13.9. The molecule has 2 rings (SSSR count). The van der Waals surface area contributed by atoms with E-state index in [-0.39, 0.29) is 0 Å². The van der Waals surface area contributed by atoms with Gasteiger partial charge in [-0.1, -0.05) is 0 Å². The van der Waals surface area contributed by atoms with E-state index in [1.807, 2.05) is 11.8 Å². The Balaban J connectivity index is 1.70. The normalized spacial score (nSPS) is 34.9. The van der Waals surface area contributed by atoms with E-state index in [9.17, 15) is 4.39 Å². The van der Waals surface area contributed by atoms with Crippen LogP contribution in [-0.4, -0.2) is 42.9 Å². The lowest BCUT2D eigenvalue weighted by Gasteiger charge is -2.26. The second kappa shape index (κ2) is 4.81. The molecule has 0 spiro atoms. The Morgan fingerprint density at radius 3 is 2.86 bits per heavy atom. The SMILES string of the molecule is FC1(CNC2CCSCC2)CCNC1. The molecule has 0 aromatic rings. The van der Waals surface area contributed by atoms with E-state index < -0.39 is 5.67 Å². The van der Waals surface area contributed by atoms with Crippen molar-refractivity contribution in [3.63, 3.8) is 0 Å². The minimum Gasteiger partial charge on any atom is -0.313 e. The molecule has 2 fully saturated rings. The van der Waals surface area contributed by atoms with Crippen molar-refractivity contribution in [3.8, 4) is 0 Å². The maximum Gasteiger partial charge on any atom is 0.136 e. The van der Waals surface area contributed by atoms with Crippen molar-refractivity contribution in [2.24, 2.45) is 0 Å². The zero-order chi connectivity index (χ0) is 9.86. The van der Waals surface area contributed by atoms with Crippen LogP contribution in [0.2, 0.25) is 0 Å². The van der Waals surface area contributed by atoms with Crippen molar-refractivity contribution >= 4 is 11.8 Å². The summed E-state index contributed by atoms with van der Waals surface area (Å²) >= 11 is 2.01. The van der Waals surface area contributed by atoms with Gasteiger partial charge in [-0.25, -0.2) is 4.39 Å². The maximum absolute atomic E-state index is 13.9. The Hall–Kier alpha value is 0.200. The van der Waals surface area contributed by atoms with Gasteiger partial charge in [-0.05, 0) is 37.3 Å². The van der Waals surface area contributed by atoms with Gasteiger partial charge in [0.25, 0.3) is 0 Å². The van der Waals surface area contributed by atoms with E-state index >= 15 is 0 Å². The molecule has 2 N–H and O–H groups in total. The Kier molecular flexibility index (Phi) is 3.68. The van der Waals surface area contributed by atoms with Crippen LogP contribution in [0.3, 0.4) is 0 Å². The van der Waals surface area contributed by atoms with Gasteiger partial charge in [-0.15, -0.1) is 0 Å². The molecule has 2 aliphatic rings. The Labute approximate surface area is 89.4 Å². The summed E-state index contributed by atoms with van der Waals surface area (Å²) in [5, 5.41) is 6.46. The summed E-state index contributed by atoms with van der Waals surface area (Å²) in [7, 11) is 0. The van der Waals surface area contributed by atoms with Gasteiger partial charge >= 0.3 is 0 Å². The van der Waals surface area contributed by atoms with Gasteiger partial charge in [-0.2, -0.15) is 11.8 Å². The van der Waals surface area contributed by atoms with E-state index in [4.69, 9.17) is 0 Å². The van der Waals surface area contributed by atoms with Gasteiger partial charge in [0.1, 0.15) is 5.67 Å². The van der Waals surface area contributed by atoms with E-state index in [0.29, 0.717) is 25.6 Å². The fourth-order valence-electron chi connectivity index (χ4n) is 2.09. The summed E-state index contributed by atoms with van der Waals surface area (Å²) in [5.74, 6) is 2.46. The first-order valence-electron chi connectivity index (χ1n) is 5.49. The highest BCUT2D eigenvalue weighted by Gasteiger charge is 2.33. The molecule has 82 valence electrons. The van der Waals surface area contributed by atoms with Gasteiger partial charge in [0.05, 0.1) is 0 Å². The first-order valence-corrected chi connectivity index (χ1v) is 6.65. The van der Waals surface area contributed by atoms with Crippen molar-refractivity contribution in [1.29, 1.82) is 0 Å². The lowest BCUT2D eigenvalue weighted by Crippen LogP contribution is -2.44. The molecule has 0 aromatic carbocycles. The molecule has 2 heterocycles. The van der Waals surface area contributed by atoms with Crippen LogP contribution in [0.5, 0.6) is 0 Å². The molecule has 2 nitrogen and oxygen atoms in total. The Bertz CT molecular complexity index is 177. The van der Waals surface area contributed by atoms with Crippen LogP contribution in [0.25, 0.3) is 0 Å². The molecule has 0 saturated carbocycles. The maximum atomic E-state index is 13.9. The average molecular weight is 218 g/mol. The number of alkyl halides is 1. The van der Waals surface area contributed by atoms with Gasteiger partial charge in [0, 0.05) is 19.1 Å². The molecule has 0 aliphatic carbocycles. The smallest absolute Gasteiger partial charge is 0.136 e. The van der Waals surface area contributed by atoms with Crippen LogP contribution in [0.4, 0.5) is 4.39 Å². The fourth-order valence-corrected chi connectivity index (χ4v) is 3.20. The second-order valence-corrected chi connectivity index (χ2v) is 5.57. The molecule has 0 aromatic heterocycles. The molecule has 14 heavy (non-hydrogen) atoms. The van der Waals surface area contributed by atoms with Crippen molar-refractivity contribution in [3.05, 3.63) is 0 Å². The van der Waals surface area contributed by atoms with E-state index in [1.54, 1.807) is 0 Å². The molecule has 0 radical (unpaired) electrons. The number of hydrogen-bond acceptors (Lipinski definition) is 3. The van der Waals surface area contributed by atoms with Crippen molar-refractivity contribution < 1.29 is 4.39 Å². The third-order valence-electron chi connectivity index (χ3n) is 3.12. The molecule has 1 unspecified atom stereocenters. The number of thioether (sulfide) groups is 1. The third-order valence-corrected chi connectivity index (χ3v) is 4.17. The summed E-state index contributed by atoms with van der Waals surface area (Å²) in [6, 6.07) is 0.560. The standard InChI is InChI=1S/C10H19FN2S/c11-10(3-4-12-7-10)8-13-9-1-5-14-6-2-9/h9,12-13H,1-8H2. The molecule has 2 aliphatic heterocycles. The lowest BCUT2D eigenvalue weighted by molar-refractivity contribution is 0.177. The topological polar surface area (TPSA) is 24.1 Å². The van der Waals surface area contributed by atoms with Crippen LogP contribution in [0, 0.1) is 0 Å². The van der Waals surface area contributed by atoms with Crippen LogP contribution in [0.15, 0.2) is 0 Å². The highest BCUT2D eigenvalue weighted by Crippen LogP contribution is 2.21. The number of hydrogen-bond donors (Lipinski definition) is 2. The zero-order valence-corrected chi connectivity index (χ0v) is 9.34. The summed E-state index contributed by atoms with van der Waals surface area (Å²) in [4.78, 5) is 0. The minimum absolute atomic E-state index is 0.529. The van der Waals surface area contributed by atoms with Crippen LogP contribution in [-0.2, 0) is 0 Å². The van der Waals surface area contributed by atoms with Gasteiger partial charge in [-0.3, -0.25) is 0 Å². The minimum atomic E-state index is -0.982. The molecular weight excluding hydrogens is 199 g/mol. The zero-order valence-electron chi connectivity index (χ0n) is 8.52. The fraction of sp³-hybridized carbons (Fsp3) is 1.00. The summed E-state index contributed by atoms with van der Waals surface area (Å²) in [6.45, 7) is 1.90. The van der Waals surface area contributed by atoms with Crippen LogP contribution in [0.1, 0.15) is 19.3 Å². The molecule has 1 atom stereocenters. The second-order valence-electron chi connectivity index (χ2n) is 4.35. The molecule has 2 saturated heterocycles. The third kappa shape index (κ3) is 2.84. The number of nitrogens with one attached hydrogen (secondary N) is 2. The quantitative estimate of drug-likeness (QED) is 0.743. The van der Waals surface area contributed by atoms with Crippen LogP contribution >= 0.6 is 11.8 Å². The predicted molar refractivity (Wildman–Crippen MR) is 59.7 cm³/mol. The Morgan fingerprint density at radius 1 is 1.43 bits per heavy atom. The predicted octanol–water partition coefficient (Wildman–Crippen LogP) is 1.17. The van der Waals surface area contributed by atoms with Crippen molar-refractivity contribution in [2.45, 2.75) is 31.0 Å². The largest absolute Gasteiger partial charge is 0.313 e. The first kappa shape index (κ1) is 10.7.